The topological polar surface area (TPSA) is 75.7 Å². The van der Waals surface area contributed by atoms with E-state index >= 15 is 0 Å². The average molecular weight is 338 g/mol. The summed E-state index contributed by atoms with van der Waals surface area (Å²) < 4.78 is 32.9. The summed E-state index contributed by atoms with van der Waals surface area (Å²) in [7, 11) is -1.98. The normalized spacial score (nSPS) is 21.6. The predicted octanol–water partition coefficient (Wildman–Crippen LogP) is 1.24. The van der Waals surface area contributed by atoms with Crippen LogP contribution in [0.15, 0.2) is 29.2 Å². The molecule has 1 saturated carbocycles. The standard InChI is InChI=1S/C16H22N2O4S/c1-17-16(19)13-2-6-15(7-3-13)23(20,21)18(14-4-5-14)10-12-8-9-22-11-12/h2-3,6-7,12,14H,4-5,8-11H2,1H3,(H,17,19)/t12-/m0/s1. The van der Waals surface area contributed by atoms with Crippen molar-refractivity contribution < 1.29 is 17.9 Å². The summed E-state index contributed by atoms with van der Waals surface area (Å²) in [6.07, 6.45) is 2.75. The molecule has 1 N–H and O–H groups in total. The van der Waals surface area contributed by atoms with Crippen molar-refractivity contribution in [3.8, 4) is 0 Å². The van der Waals surface area contributed by atoms with Crippen molar-refractivity contribution in [2.75, 3.05) is 26.8 Å². The summed E-state index contributed by atoms with van der Waals surface area (Å²) in [5, 5.41) is 2.53. The number of hydrogen-bond donors (Lipinski definition) is 1. The second kappa shape index (κ2) is 6.59. The molecular weight excluding hydrogens is 316 g/mol. The Morgan fingerprint density at radius 1 is 1.26 bits per heavy atom. The smallest absolute Gasteiger partial charge is 0.251 e. The lowest BCUT2D eigenvalue weighted by atomic mass is 10.1. The third-order valence-corrected chi connectivity index (χ3v) is 6.30. The molecule has 1 heterocycles. The van der Waals surface area contributed by atoms with E-state index in [2.05, 4.69) is 5.32 Å². The van der Waals surface area contributed by atoms with Gasteiger partial charge in [-0.1, -0.05) is 0 Å². The van der Waals surface area contributed by atoms with Gasteiger partial charge in [0.25, 0.3) is 5.91 Å². The highest BCUT2D eigenvalue weighted by atomic mass is 32.2. The minimum absolute atomic E-state index is 0.110. The summed E-state index contributed by atoms with van der Waals surface area (Å²) in [5.74, 6) is 0.0478. The monoisotopic (exact) mass is 338 g/mol. The lowest BCUT2D eigenvalue weighted by Crippen LogP contribution is -2.37. The van der Waals surface area contributed by atoms with E-state index in [-0.39, 0.29) is 22.8 Å². The Kier molecular flexibility index (Phi) is 4.70. The van der Waals surface area contributed by atoms with Gasteiger partial charge in [0.2, 0.25) is 10.0 Å². The summed E-state index contributed by atoms with van der Waals surface area (Å²) >= 11 is 0. The van der Waals surface area contributed by atoms with E-state index in [0.29, 0.717) is 25.3 Å². The van der Waals surface area contributed by atoms with Gasteiger partial charge in [-0.2, -0.15) is 4.31 Å². The first-order valence-electron chi connectivity index (χ1n) is 7.94. The van der Waals surface area contributed by atoms with Crippen LogP contribution in [0.1, 0.15) is 29.6 Å². The van der Waals surface area contributed by atoms with Crippen LogP contribution < -0.4 is 5.32 Å². The van der Waals surface area contributed by atoms with Crippen molar-refractivity contribution in [3.63, 3.8) is 0 Å². The number of carbonyl (C=O) groups excluding carboxylic acids is 1. The Bertz CT molecular complexity index is 662. The maximum atomic E-state index is 12.9. The quantitative estimate of drug-likeness (QED) is 0.847. The van der Waals surface area contributed by atoms with Crippen LogP contribution in [0.2, 0.25) is 0 Å². The number of nitrogens with one attached hydrogen (secondary N) is 1. The molecule has 2 aliphatic rings. The molecule has 23 heavy (non-hydrogen) atoms. The molecule has 3 rings (SSSR count). The van der Waals surface area contributed by atoms with E-state index in [1.54, 1.807) is 23.5 Å². The van der Waals surface area contributed by atoms with Crippen LogP contribution in [0.25, 0.3) is 0 Å². The zero-order chi connectivity index (χ0) is 16.4. The molecule has 6 nitrogen and oxygen atoms in total. The van der Waals surface area contributed by atoms with Gasteiger partial charge in [0.05, 0.1) is 11.5 Å². The molecule has 1 saturated heterocycles. The number of nitrogens with zero attached hydrogens (tertiary/aromatic N) is 1. The van der Waals surface area contributed by atoms with Crippen molar-refractivity contribution in [1.29, 1.82) is 0 Å². The first-order valence-corrected chi connectivity index (χ1v) is 9.38. The van der Waals surface area contributed by atoms with E-state index in [1.165, 1.54) is 12.1 Å². The zero-order valence-corrected chi connectivity index (χ0v) is 14.0. The fourth-order valence-corrected chi connectivity index (χ4v) is 4.61. The summed E-state index contributed by atoms with van der Waals surface area (Å²) in [5.41, 5.74) is 0.452. The van der Waals surface area contributed by atoms with Gasteiger partial charge in [0, 0.05) is 31.8 Å². The lowest BCUT2D eigenvalue weighted by Gasteiger charge is -2.24. The molecule has 1 atom stereocenters. The van der Waals surface area contributed by atoms with Crippen LogP contribution in [-0.4, -0.2) is 51.5 Å². The van der Waals surface area contributed by atoms with Gasteiger partial charge in [0.1, 0.15) is 0 Å². The Labute approximate surface area is 136 Å². The van der Waals surface area contributed by atoms with Crippen LogP contribution in [0.4, 0.5) is 0 Å². The van der Waals surface area contributed by atoms with E-state index in [9.17, 15) is 13.2 Å². The predicted molar refractivity (Wildman–Crippen MR) is 85.7 cm³/mol. The van der Waals surface area contributed by atoms with Crippen LogP contribution >= 0.6 is 0 Å². The highest BCUT2D eigenvalue weighted by molar-refractivity contribution is 7.89. The third kappa shape index (κ3) is 3.57. The molecule has 0 unspecified atom stereocenters. The molecular formula is C16H22N2O4S. The van der Waals surface area contributed by atoms with E-state index in [4.69, 9.17) is 4.74 Å². The van der Waals surface area contributed by atoms with Gasteiger partial charge in [-0.25, -0.2) is 8.42 Å². The maximum absolute atomic E-state index is 12.9. The Hall–Kier alpha value is -1.44. The first-order chi connectivity index (χ1) is 11.0. The average Bonchev–Trinajstić information content (AvgIpc) is 3.27. The summed E-state index contributed by atoms with van der Waals surface area (Å²) in [6, 6.07) is 6.24. The highest BCUT2D eigenvalue weighted by Crippen LogP contribution is 2.33. The molecule has 2 fully saturated rings. The number of benzene rings is 1. The molecule has 0 aromatic heterocycles. The highest BCUT2D eigenvalue weighted by Gasteiger charge is 2.39. The van der Waals surface area contributed by atoms with Gasteiger partial charge in [-0.3, -0.25) is 4.79 Å². The van der Waals surface area contributed by atoms with Crippen LogP contribution in [0.5, 0.6) is 0 Å². The first kappa shape index (κ1) is 16.4. The second-order valence-electron chi connectivity index (χ2n) is 6.14. The fraction of sp³-hybridized carbons (Fsp3) is 0.562. The van der Waals surface area contributed by atoms with Gasteiger partial charge in [0.15, 0.2) is 0 Å². The number of amides is 1. The van der Waals surface area contributed by atoms with Crippen molar-refractivity contribution in [1.82, 2.24) is 9.62 Å². The molecule has 7 heteroatoms. The molecule has 0 spiro atoms. The van der Waals surface area contributed by atoms with Gasteiger partial charge in [-0.05, 0) is 49.4 Å². The van der Waals surface area contributed by atoms with Crippen molar-refractivity contribution in [2.24, 2.45) is 5.92 Å². The van der Waals surface area contributed by atoms with E-state index in [0.717, 1.165) is 19.3 Å². The van der Waals surface area contributed by atoms with Crippen molar-refractivity contribution in [3.05, 3.63) is 29.8 Å². The number of sulfonamides is 1. The van der Waals surface area contributed by atoms with Crippen molar-refractivity contribution >= 4 is 15.9 Å². The fourth-order valence-electron chi connectivity index (χ4n) is 2.85. The zero-order valence-electron chi connectivity index (χ0n) is 13.2. The number of ether oxygens (including phenoxy) is 1. The maximum Gasteiger partial charge on any atom is 0.251 e. The largest absolute Gasteiger partial charge is 0.381 e. The minimum Gasteiger partial charge on any atom is -0.381 e. The Morgan fingerprint density at radius 3 is 2.48 bits per heavy atom. The van der Waals surface area contributed by atoms with Crippen LogP contribution in [0.3, 0.4) is 0 Å². The van der Waals surface area contributed by atoms with E-state index in [1.807, 2.05) is 0 Å². The molecule has 1 aromatic carbocycles. The Morgan fingerprint density at radius 2 is 1.96 bits per heavy atom. The molecule has 1 aliphatic heterocycles. The molecule has 1 aromatic rings. The molecule has 1 amide bonds. The molecule has 0 radical (unpaired) electrons. The lowest BCUT2D eigenvalue weighted by molar-refractivity contribution is 0.0963. The van der Waals surface area contributed by atoms with Crippen LogP contribution in [0, 0.1) is 5.92 Å². The van der Waals surface area contributed by atoms with Gasteiger partial charge < -0.3 is 10.1 Å². The summed E-state index contributed by atoms with van der Waals surface area (Å²) in [6.45, 7) is 1.86. The third-order valence-electron chi connectivity index (χ3n) is 4.37. The van der Waals surface area contributed by atoms with E-state index < -0.39 is 10.0 Å². The Balaban J connectivity index is 1.81. The number of hydrogen-bond acceptors (Lipinski definition) is 4. The summed E-state index contributed by atoms with van der Waals surface area (Å²) in [4.78, 5) is 11.8. The number of rotatable bonds is 6. The SMILES string of the molecule is CNC(=O)c1ccc(S(=O)(=O)N(C[C@@H]2CCOC2)C2CC2)cc1. The van der Waals surface area contributed by atoms with Gasteiger partial charge >= 0.3 is 0 Å². The van der Waals surface area contributed by atoms with Crippen LogP contribution in [-0.2, 0) is 14.8 Å². The minimum atomic E-state index is -3.53. The second-order valence-corrected chi connectivity index (χ2v) is 8.03. The number of carbonyl (C=O) groups is 1. The van der Waals surface area contributed by atoms with Crippen molar-refractivity contribution in [2.45, 2.75) is 30.2 Å². The molecule has 1 aliphatic carbocycles. The van der Waals surface area contributed by atoms with Gasteiger partial charge in [-0.15, -0.1) is 0 Å². The molecule has 126 valence electrons. The molecule has 0 bridgehead atoms.